The highest BCUT2D eigenvalue weighted by Gasteiger charge is 2.08. The maximum absolute atomic E-state index is 13.1. The molecule has 2 aromatic rings. The van der Waals surface area contributed by atoms with Crippen molar-refractivity contribution in [2.24, 2.45) is 5.73 Å². The lowest BCUT2D eigenvalue weighted by Gasteiger charge is -2.09. The van der Waals surface area contributed by atoms with Gasteiger partial charge in [0.1, 0.15) is 5.82 Å². The van der Waals surface area contributed by atoms with Crippen molar-refractivity contribution in [1.82, 2.24) is 0 Å². The van der Waals surface area contributed by atoms with Gasteiger partial charge in [-0.3, -0.25) is 4.79 Å². The van der Waals surface area contributed by atoms with Gasteiger partial charge in [0.05, 0.1) is 6.54 Å². The number of halogens is 1. The summed E-state index contributed by atoms with van der Waals surface area (Å²) in [4.78, 5) is 12.1. The number of hydrogen-bond donors (Lipinski definition) is 2. The highest BCUT2D eigenvalue weighted by Crippen LogP contribution is 2.17. The average molecular weight is 282 g/mol. The van der Waals surface area contributed by atoms with Gasteiger partial charge < -0.3 is 11.1 Å². The molecule has 0 aliphatic heterocycles. The zero-order chi connectivity index (χ0) is 15.2. The molecule has 1 amide bonds. The highest BCUT2D eigenvalue weighted by atomic mass is 19.1. The summed E-state index contributed by atoms with van der Waals surface area (Å²) >= 11 is 0. The van der Waals surface area contributed by atoms with E-state index in [0.29, 0.717) is 12.2 Å². The van der Waals surface area contributed by atoms with Crippen LogP contribution in [-0.4, -0.2) is 12.5 Å². The fraction of sp³-hybridized carbons (Fsp3) is 0.118. The summed E-state index contributed by atoms with van der Waals surface area (Å²) in [5.74, 6) is 4.91. The monoisotopic (exact) mass is 282 g/mol. The summed E-state index contributed by atoms with van der Waals surface area (Å²) in [5.41, 5.74) is 7.99. The van der Waals surface area contributed by atoms with Gasteiger partial charge in [0.25, 0.3) is 5.91 Å². The average Bonchev–Trinajstić information content (AvgIpc) is 2.47. The van der Waals surface area contributed by atoms with Crippen LogP contribution in [-0.2, 0) is 0 Å². The topological polar surface area (TPSA) is 55.1 Å². The molecule has 0 aromatic heterocycles. The molecule has 0 unspecified atom stereocenters. The Morgan fingerprint density at radius 3 is 2.76 bits per heavy atom. The number of nitrogens with one attached hydrogen (secondary N) is 1. The van der Waals surface area contributed by atoms with Crippen molar-refractivity contribution in [3.05, 3.63) is 65.0 Å². The van der Waals surface area contributed by atoms with Crippen molar-refractivity contribution in [2.45, 2.75) is 6.92 Å². The SMILES string of the molecule is Cc1cc(C#CCN)ccc1NC(=O)c1cccc(F)c1. The molecular weight excluding hydrogens is 267 g/mol. The molecular formula is C17H15FN2O. The summed E-state index contributed by atoms with van der Waals surface area (Å²) in [6.07, 6.45) is 0. The van der Waals surface area contributed by atoms with Gasteiger partial charge >= 0.3 is 0 Å². The van der Waals surface area contributed by atoms with Crippen LogP contribution in [0.25, 0.3) is 0 Å². The first-order valence-electron chi connectivity index (χ1n) is 6.46. The lowest BCUT2D eigenvalue weighted by atomic mass is 10.1. The van der Waals surface area contributed by atoms with Crippen molar-refractivity contribution < 1.29 is 9.18 Å². The van der Waals surface area contributed by atoms with E-state index in [4.69, 9.17) is 5.73 Å². The van der Waals surface area contributed by atoms with Crippen LogP contribution in [0.4, 0.5) is 10.1 Å². The number of amides is 1. The van der Waals surface area contributed by atoms with Crippen LogP contribution in [0.5, 0.6) is 0 Å². The Hall–Kier alpha value is -2.64. The number of rotatable bonds is 2. The Kier molecular flexibility index (Phi) is 4.70. The lowest BCUT2D eigenvalue weighted by Crippen LogP contribution is -2.13. The minimum absolute atomic E-state index is 0.279. The predicted molar refractivity (Wildman–Crippen MR) is 81.5 cm³/mol. The summed E-state index contributed by atoms with van der Waals surface area (Å²) in [6.45, 7) is 2.17. The van der Waals surface area contributed by atoms with Gasteiger partial charge in [-0.1, -0.05) is 17.9 Å². The number of benzene rings is 2. The number of nitrogens with two attached hydrogens (primary N) is 1. The smallest absolute Gasteiger partial charge is 0.255 e. The second-order valence-corrected chi connectivity index (χ2v) is 4.50. The molecule has 0 saturated carbocycles. The molecule has 0 aliphatic rings. The standard InChI is InChI=1S/C17H15FN2O/c1-12-10-13(4-3-9-19)7-8-16(12)20-17(21)14-5-2-6-15(18)11-14/h2,5-8,10-11H,9,19H2,1H3,(H,20,21). The molecule has 0 atom stereocenters. The molecule has 3 nitrogen and oxygen atoms in total. The fourth-order valence-corrected chi connectivity index (χ4v) is 1.86. The first-order valence-corrected chi connectivity index (χ1v) is 6.46. The zero-order valence-corrected chi connectivity index (χ0v) is 11.6. The first-order chi connectivity index (χ1) is 10.1. The maximum atomic E-state index is 13.1. The van der Waals surface area contributed by atoms with Crippen molar-refractivity contribution in [2.75, 3.05) is 11.9 Å². The van der Waals surface area contributed by atoms with Crippen LogP contribution < -0.4 is 11.1 Å². The molecule has 0 fully saturated rings. The molecule has 4 heteroatoms. The van der Waals surface area contributed by atoms with Crippen molar-refractivity contribution in [3.63, 3.8) is 0 Å². The van der Waals surface area contributed by atoms with E-state index in [0.717, 1.165) is 11.1 Å². The molecule has 0 saturated heterocycles. The Morgan fingerprint density at radius 1 is 1.29 bits per heavy atom. The van der Waals surface area contributed by atoms with Crippen LogP contribution in [0.3, 0.4) is 0 Å². The Balaban J connectivity index is 2.18. The summed E-state index contributed by atoms with van der Waals surface area (Å²) in [5, 5.41) is 2.76. The fourth-order valence-electron chi connectivity index (χ4n) is 1.86. The minimum atomic E-state index is -0.438. The predicted octanol–water partition coefficient (Wildman–Crippen LogP) is 2.70. The van der Waals surface area contributed by atoms with Crippen LogP contribution in [0, 0.1) is 24.6 Å². The third-order valence-electron chi connectivity index (χ3n) is 2.90. The summed E-state index contributed by atoms with van der Waals surface area (Å²) in [6, 6.07) is 11.0. The summed E-state index contributed by atoms with van der Waals surface area (Å²) in [7, 11) is 0. The van der Waals surface area contributed by atoms with Crippen LogP contribution >= 0.6 is 0 Å². The quantitative estimate of drug-likeness (QED) is 0.832. The van der Waals surface area contributed by atoms with Crippen molar-refractivity contribution >= 4 is 11.6 Å². The first kappa shape index (κ1) is 14.8. The van der Waals surface area contributed by atoms with Crippen LogP contribution in [0.1, 0.15) is 21.5 Å². The summed E-state index contributed by atoms with van der Waals surface area (Å²) < 4.78 is 13.1. The molecule has 3 N–H and O–H groups in total. The van der Waals surface area contributed by atoms with E-state index in [-0.39, 0.29) is 11.5 Å². The normalized spacial score (nSPS) is 9.67. The second-order valence-electron chi connectivity index (χ2n) is 4.50. The van der Waals surface area contributed by atoms with E-state index in [1.807, 2.05) is 13.0 Å². The van der Waals surface area contributed by atoms with E-state index >= 15 is 0 Å². The maximum Gasteiger partial charge on any atom is 0.255 e. The highest BCUT2D eigenvalue weighted by molar-refractivity contribution is 6.04. The molecule has 0 aliphatic carbocycles. The molecule has 21 heavy (non-hydrogen) atoms. The number of carbonyl (C=O) groups excluding carboxylic acids is 1. The molecule has 106 valence electrons. The number of aryl methyl sites for hydroxylation is 1. The number of carbonyl (C=O) groups is 1. The molecule has 0 heterocycles. The van der Waals surface area contributed by atoms with E-state index in [2.05, 4.69) is 17.2 Å². The molecule has 2 aromatic carbocycles. The van der Waals surface area contributed by atoms with E-state index in [1.165, 1.54) is 18.2 Å². The van der Waals surface area contributed by atoms with E-state index in [1.54, 1.807) is 18.2 Å². The molecule has 0 spiro atoms. The van der Waals surface area contributed by atoms with Gasteiger partial charge in [-0.05, 0) is 48.9 Å². The Labute approximate surface area is 123 Å². The lowest BCUT2D eigenvalue weighted by molar-refractivity contribution is 0.102. The second kappa shape index (κ2) is 6.69. The minimum Gasteiger partial charge on any atom is -0.322 e. The largest absolute Gasteiger partial charge is 0.322 e. The number of anilines is 1. The third-order valence-corrected chi connectivity index (χ3v) is 2.90. The molecule has 2 rings (SSSR count). The van der Waals surface area contributed by atoms with Crippen LogP contribution in [0.15, 0.2) is 42.5 Å². The van der Waals surface area contributed by atoms with Gasteiger partial charge in [0, 0.05) is 16.8 Å². The zero-order valence-electron chi connectivity index (χ0n) is 11.6. The van der Waals surface area contributed by atoms with Gasteiger partial charge in [0.2, 0.25) is 0 Å². The Morgan fingerprint density at radius 2 is 2.10 bits per heavy atom. The van der Waals surface area contributed by atoms with Gasteiger partial charge in [-0.2, -0.15) is 0 Å². The van der Waals surface area contributed by atoms with Crippen molar-refractivity contribution in [3.8, 4) is 11.8 Å². The Bertz CT molecular complexity index is 729. The molecule has 0 radical (unpaired) electrons. The van der Waals surface area contributed by atoms with Gasteiger partial charge in [-0.25, -0.2) is 4.39 Å². The van der Waals surface area contributed by atoms with Gasteiger partial charge in [-0.15, -0.1) is 0 Å². The van der Waals surface area contributed by atoms with Crippen LogP contribution in [0.2, 0.25) is 0 Å². The van der Waals surface area contributed by atoms with Gasteiger partial charge in [0.15, 0.2) is 0 Å². The number of hydrogen-bond acceptors (Lipinski definition) is 2. The van der Waals surface area contributed by atoms with E-state index in [9.17, 15) is 9.18 Å². The van der Waals surface area contributed by atoms with E-state index < -0.39 is 5.82 Å². The van der Waals surface area contributed by atoms with Crippen molar-refractivity contribution in [1.29, 1.82) is 0 Å². The third kappa shape index (κ3) is 3.91. The molecule has 0 bridgehead atoms.